The molecule has 1 heterocycles. The van der Waals surface area contributed by atoms with E-state index in [1.54, 1.807) is 0 Å². The predicted octanol–water partition coefficient (Wildman–Crippen LogP) is 3.13. The molecule has 1 aromatic rings. The van der Waals surface area contributed by atoms with E-state index in [-0.39, 0.29) is 6.03 Å². The number of hydrogen-bond acceptors (Lipinski definition) is 2. The van der Waals surface area contributed by atoms with Crippen molar-refractivity contribution in [3.63, 3.8) is 0 Å². The topological polar surface area (TPSA) is 44.4 Å². The van der Waals surface area contributed by atoms with Crippen LogP contribution < -0.4 is 10.6 Å². The van der Waals surface area contributed by atoms with Gasteiger partial charge in [-0.3, -0.25) is 4.90 Å². The zero-order valence-corrected chi connectivity index (χ0v) is 13.9. The van der Waals surface area contributed by atoms with Crippen LogP contribution in [-0.4, -0.2) is 30.6 Å². The van der Waals surface area contributed by atoms with E-state index in [1.807, 2.05) is 6.07 Å². The normalized spacial score (nSPS) is 15.8. The van der Waals surface area contributed by atoms with Crippen LogP contribution in [0.15, 0.2) is 24.3 Å². The van der Waals surface area contributed by atoms with Crippen LogP contribution in [0.4, 0.5) is 4.79 Å². The number of amides is 2. The fourth-order valence-electron chi connectivity index (χ4n) is 2.78. The van der Waals surface area contributed by atoms with Crippen LogP contribution in [0.2, 0.25) is 0 Å². The van der Waals surface area contributed by atoms with Crippen LogP contribution >= 0.6 is 0 Å². The van der Waals surface area contributed by atoms with Crippen LogP contribution in [0, 0.1) is 5.92 Å². The fourth-order valence-corrected chi connectivity index (χ4v) is 2.78. The molecule has 0 saturated carbocycles. The van der Waals surface area contributed by atoms with Crippen LogP contribution in [0.25, 0.3) is 0 Å². The van der Waals surface area contributed by atoms with E-state index in [9.17, 15) is 4.79 Å². The molecule has 22 heavy (non-hydrogen) atoms. The predicted molar refractivity (Wildman–Crippen MR) is 90.6 cm³/mol. The molecule has 0 aromatic heterocycles. The first kappa shape index (κ1) is 16.8. The van der Waals surface area contributed by atoms with Crippen molar-refractivity contribution in [3.8, 4) is 0 Å². The molecule has 0 bridgehead atoms. The summed E-state index contributed by atoms with van der Waals surface area (Å²) in [7, 11) is 0. The molecule has 0 spiro atoms. The van der Waals surface area contributed by atoms with E-state index in [0.29, 0.717) is 19.0 Å². The maximum Gasteiger partial charge on any atom is 0.315 e. The number of nitrogens with one attached hydrogen (secondary N) is 2. The highest BCUT2D eigenvalue weighted by Gasteiger charge is 2.12. The van der Waals surface area contributed by atoms with Gasteiger partial charge in [0.1, 0.15) is 0 Å². The summed E-state index contributed by atoms with van der Waals surface area (Å²) >= 11 is 0. The number of likely N-dealkylation sites (tertiary alicyclic amines) is 1. The number of nitrogens with zero attached hydrogens (tertiary/aromatic N) is 1. The van der Waals surface area contributed by atoms with Crippen molar-refractivity contribution in [2.75, 3.05) is 19.6 Å². The first-order valence-electron chi connectivity index (χ1n) is 8.46. The van der Waals surface area contributed by atoms with Crippen molar-refractivity contribution in [1.82, 2.24) is 15.5 Å². The van der Waals surface area contributed by atoms with Gasteiger partial charge in [-0.25, -0.2) is 4.79 Å². The van der Waals surface area contributed by atoms with Crippen LogP contribution in [-0.2, 0) is 13.1 Å². The van der Waals surface area contributed by atoms with E-state index < -0.39 is 0 Å². The summed E-state index contributed by atoms with van der Waals surface area (Å²) in [6.45, 7) is 8.86. The monoisotopic (exact) mass is 303 g/mol. The summed E-state index contributed by atoms with van der Waals surface area (Å²) in [6, 6.07) is 8.34. The average molecular weight is 303 g/mol. The van der Waals surface area contributed by atoms with Gasteiger partial charge in [-0.2, -0.15) is 0 Å². The molecule has 0 atom stereocenters. The quantitative estimate of drug-likeness (QED) is 0.848. The maximum atomic E-state index is 11.8. The first-order chi connectivity index (χ1) is 10.6. The molecule has 1 aromatic carbocycles. The Kier molecular flexibility index (Phi) is 6.72. The van der Waals surface area contributed by atoms with E-state index >= 15 is 0 Å². The van der Waals surface area contributed by atoms with Crippen molar-refractivity contribution < 1.29 is 4.79 Å². The van der Waals surface area contributed by atoms with Gasteiger partial charge >= 0.3 is 6.03 Å². The molecule has 1 aliphatic heterocycles. The number of benzene rings is 1. The molecule has 2 amide bonds. The molecule has 1 saturated heterocycles. The van der Waals surface area contributed by atoms with E-state index in [0.717, 1.165) is 6.54 Å². The Morgan fingerprint density at radius 1 is 1.09 bits per heavy atom. The third-order valence-corrected chi connectivity index (χ3v) is 4.07. The zero-order chi connectivity index (χ0) is 15.8. The van der Waals surface area contributed by atoms with E-state index in [4.69, 9.17) is 0 Å². The van der Waals surface area contributed by atoms with Gasteiger partial charge in [-0.05, 0) is 43.0 Å². The maximum absolute atomic E-state index is 11.8. The number of urea groups is 1. The van der Waals surface area contributed by atoms with Gasteiger partial charge < -0.3 is 10.6 Å². The smallest absolute Gasteiger partial charge is 0.315 e. The molecule has 1 aliphatic rings. The second kappa shape index (κ2) is 8.79. The molecule has 2 rings (SSSR count). The summed E-state index contributed by atoms with van der Waals surface area (Å²) in [5.41, 5.74) is 2.54. The lowest BCUT2D eigenvalue weighted by Crippen LogP contribution is -2.37. The Bertz CT molecular complexity index is 467. The SMILES string of the molecule is CC(C)CNC(=O)NCc1ccccc1CN1CCCCC1. The summed E-state index contributed by atoms with van der Waals surface area (Å²) in [4.78, 5) is 14.3. The van der Waals surface area contributed by atoms with Crippen molar-refractivity contribution >= 4 is 6.03 Å². The van der Waals surface area contributed by atoms with Crippen molar-refractivity contribution in [3.05, 3.63) is 35.4 Å². The third kappa shape index (κ3) is 5.68. The molecule has 4 nitrogen and oxygen atoms in total. The Morgan fingerprint density at radius 2 is 1.77 bits per heavy atom. The van der Waals surface area contributed by atoms with Crippen molar-refractivity contribution in [1.29, 1.82) is 0 Å². The standard InChI is InChI=1S/C18H29N3O/c1-15(2)12-19-18(22)20-13-16-8-4-5-9-17(16)14-21-10-6-3-7-11-21/h4-5,8-9,15H,3,6-7,10-14H2,1-2H3,(H2,19,20,22). The van der Waals surface area contributed by atoms with Crippen LogP contribution in [0.3, 0.4) is 0 Å². The summed E-state index contributed by atoms with van der Waals surface area (Å²) in [6.07, 6.45) is 3.96. The van der Waals surface area contributed by atoms with Crippen LogP contribution in [0.1, 0.15) is 44.2 Å². The highest BCUT2D eigenvalue weighted by atomic mass is 16.2. The number of rotatable bonds is 6. The van der Waals surface area contributed by atoms with Crippen molar-refractivity contribution in [2.24, 2.45) is 5.92 Å². The molecule has 2 N–H and O–H groups in total. The Morgan fingerprint density at radius 3 is 2.45 bits per heavy atom. The van der Waals surface area contributed by atoms with Gasteiger partial charge in [-0.15, -0.1) is 0 Å². The molecule has 4 heteroatoms. The molecular formula is C18H29N3O. The summed E-state index contributed by atoms with van der Waals surface area (Å²) in [5, 5.41) is 5.86. The number of hydrogen-bond donors (Lipinski definition) is 2. The van der Waals surface area contributed by atoms with E-state index in [2.05, 4.69) is 47.6 Å². The molecular weight excluding hydrogens is 274 g/mol. The highest BCUT2D eigenvalue weighted by molar-refractivity contribution is 5.73. The minimum absolute atomic E-state index is 0.0820. The fraction of sp³-hybridized carbons (Fsp3) is 0.611. The van der Waals surface area contributed by atoms with Crippen LogP contribution in [0.5, 0.6) is 0 Å². The largest absolute Gasteiger partial charge is 0.338 e. The average Bonchev–Trinajstić information content (AvgIpc) is 2.53. The first-order valence-corrected chi connectivity index (χ1v) is 8.46. The van der Waals surface area contributed by atoms with E-state index in [1.165, 1.54) is 43.5 Å². The Hall–Kier alpha value is -1.55. The second-order valence-corrected chi connectivity index (χ2v) is 6.56. The Labute approximate surface area is 134 Å². The summed E-state index contributed by atoms with van der Waals surface area (Å²) in [5.74, 6) is 0.470. The van der Waals surface area contributed by atoms with Gasteiger partial charge in [0.15, 0.2) is 0 Å². The summed E-state index contributed by atoms with van der Waals surface area (Å²) < 4.78 is 0. The molecule has 0 aliphatic carbocycles. The number of carbonyl (C=O) groups excluding carboxylic acids is 1. The molecule has 0 radical (unpaired) electrons. The number of carbonyl (C=O) groups is 1. The lowest BCUT2D eigenvalue weighted by atomic mass is 10.0. The second-order valence-electron chi connectivity index (χ2n) is 6.56. The third-order valence-electron chi connectivity index (χ3n) is 4.07. The minimum Gasteiger partial charge on any atom is -0.338 e. The van der Waals surface area contributed by atoms with Gasteiger partial charge in [0, 0.05) is 19.6 Å². The van der Waals surface area contributed by atoms with Gasteiger partial charge in [0.05, 0.1) is 0 Å². The lowest BCUT2D eigenvalue weighted by Gasteiger charge is -2.27. The molecule has 122 valence electrons. The van der Waals surface area contributed by atoms with Gasteiger partial charge in [0.25, 0.3) is 0 Å². The zero-order valence-electron chi connectivity index (χ0n) is 13.9. The molecule has 1 fully saturated rings. The van der Waals surface area contributed by atoms with Gasteiger partial charge in [0.2, 0.25) is 0 Å². The van der Waals surface area contributed by atoms with Crippen molar-refractivity contribution in [2.45, 2.75) is 46.2 Å². The van der Waals surface area contributed by atoms with Gasteiger partial charge in [-0.1, -0.05) is 44.5 Å². The molecule has 0 unspecified atom stereocenters. The lowest BCUT2D eigenvalue weighted by molar-refractivity contribution is 0.220. The highest BCUT2D eigenvalue weighted by Crippen LogP contribution is 2.16. The number of piperidine rings is 1. The minimum atomic E-state index is -0.0820. The Balaban J connectivity index is 1.86.